The van der Waals surface area contributed by atoms with Gasteiger partial charge in [-0.1, -0.05) is 12.1 Å². The Morgan fingerprint density at radius 3 is 2.37 bits per heavy atom. The molecule has 144 valence electrons. The van der Waals surface area contributed by atoms with Crippen molar-refractivity contribution in [3.8, 4) is 5.75 Å². The van der Waals surface area contributed by atoms with Crippen molar-refractivity contribution in [3.05, 3.63) is 29.8 Å². The van der Waals surface area contributed by atoms with Crippen molar-refractivity contribution in [3.63, 3.8) is 0 Å². The maximum absolute atomic E-state index is 13.4. The number of likely N-dealkylation sites (tertiary alicyclic amines) is 2. The zero-order chi connectivity index (χ0) is 19.0. The summed E-state index contributed by atoms with van der Waals surface area (Å²) >= 11 is 0. The van der Waals surface area contributed by atoms with Crippen LogP contribution in [0.15, 0.2) is 24.3 Å². The quantitative estimate of drug-likeness (QED) is 0.746. The molecule has 6 nitrogen and oxygen atoms in total. The fraction of sp³-hybridized carbons (Fsp3) is 0.571. The van der Waals surface area contributed by atoms with Gasteiger partial charge in [0.2, 0.25) is 17.7 Å². The van der Waals surface area contributed by atoms with Crippen LogP contribution in [-0.2, 0) is 19.8 Å². The van der Waals surface area contributed by atoms with Crippen molar-refractivity contribution in [2.24, 2.45) is 0 Å². The molecular formula is C21H26N2O4. The van der Waals surface area contributed by atoms with Gasteiger partial charge in [0.15, 0.2) is 0 Å². The molecule has 4 rings (SSSR count). The van der Waals surface area contributed by atoms with Crippen LogP contribution < -0.4 is 4.74 Å². The van der Waals surface area contributed by atoms with Gasteiger partial charge in [-0.05, 0) is 49.8 Å². The second kappa shape index (κ2) is 6.98. The molecule has 1 atom stereocenters. The lowest BCUT2D eigenvalue weighted by atomic mass is 9.75. The van der Waals surface area contributed by atoms with Gasteiger partial charge in [0, 0.05) is 32.0 Å². The number of hydrogen-bond acceptors (Lipinski definition) is 4. The van der Waals surface area contributed by atoms with Gasteiger partial charge in [0.05, 0.1) is 12.5 Å². The molecule has 1 saturated carbocycles. The first-order valence-electron chi connectivity index (χ1n) is 9.84. The molecule has 2 saturated heterocycles. The summed E-state index contributed by atoms with van der Waals surface area (Å²) in [5.74, 6) is 0.312. The molecule has 0 spiro atoms. The lowest BCUT2D eigenvalue weighted by Crippen LogP contribution is -2.45. The van der Waals surface area contributed by atoms with E-state index in [2.05, 4.69) is 0 Å². The van der Waals surface area contributed by atoms with E-state index in [0.29, 0.717) is 5.75 Å². The topological polar surface area (TPSA) is 66.9 Å². The van der Waals surface area contributed by atoms with Crippen molar-refractivity contribution in [1.82, 2.24) is 9.80 Å². The number of benzene rings is 1. The van der Waals surface area contributed by atoms with Gasteiger partial charge < -0.3 is 9.64 Å². The fourth-order valence-corrected chi connectivity index (χ4v) is 4.35. The highest BCUT2D eigenvalue weighted by molar-refractivity contribution is 6.11. The Morgan fingerprint density at radius 2 is 1.78 bits per heavy atom. The molecule has 27 heavy (non-hydrogen) atoms. The minimum absolute atomic E-state index is 0.0233. The minimum atomic E-state index is -1.08. The van der Waals surface area contributed by atoms with Crippen LogP contribution in [0.5, 0.6) is 5.75 Å². The molecule has 1 aromatic carbocycles. The van der Waals surface area contributed by atoms with Gasteiger partial charge in [-0.15, -0.1) is 0 Å². The van der Waals surface area contributed by atoms with Crippen molar-refractivity contribution >= 4 is 17.7 Å². The SMILES string of the molecule is COc1ccc([C@@]2(CC(=O)N3CCCCC3)CC(=O)N(C3CC3)C2=O)cc1. The number of carbonyl (C=O) groups is 3. The van der Waals surface area contributed by atoms with E-state index in [9.17, 15) is 14.4 Å². The number of imide groups is 1. The van der Waals surface area contributed by atoms with Gasteiger partial charge in [0.1, 0.15) is 5.75 Å². The highest BCUT2D eigenvalue weighted by atomic mass is 16.5. The van der Waals surface area contributed by atoms with Gasteiger partial charge >= 0.3 is 0 Å². The summed E-state index contributed by atoms with van der Waals surface area (Å²) in [7, 11) is 1.59. The van der Waals surface area contributed by atoms with Crippen LogP contribution in [0.2, 0.25) is 0 Å². The lowest BCUT2D eigenvalue weighted by molar-refractivity contribution is -0.143. The number of piperidine rings is 1. The van der Waals surface area contributed by atoms with E-state index in [0.717, 1.165) is 50.8 Å². The molecule has 0 radical (unpaired) electrons. The number of carbonyl (C=O) groups excluding carboxylic acids is 3. The van der Waals surface area contributed by atoms with Crippen LogP contribution in [0.3, 0.4) is 0 Å². The average molecular weight is 370 g/mol. The summed E-state index contributed by atoms with van der Waals surface area (Å²) in [6.07, 6.45) is 5.03. The maximum Gasteiger partial charge on any atom is 0.241 e. The molecule has 0 aromatic heterocycles. The van der Waals surface area contributed by atoms with E-state index >= 15 is 0 Å². The van der Waals surface area contributed by atoms with E-state index in [4.69, 9.17) is 4.74 Å². The van der Waals surface area contributed by atoms with E-state index in [1.54, 1.807) is 19.2 Å². The summed E-state index contributed by atoms with van der Waals surface area (Å²) in [5, 5.41) is 0. The van der Waals surface area contributed by atoms with Crippen LogP contribution in [0.4, 0.5) is 0 Å². The molecular weight excluding hydrogens is 344 g/mol. The largest absolute Gasteiger partial charge is 0.497 e. The third-order valence-electron chi connectivity index (χ3n) is 6.07. The number of rotatable bonds is 5. The second-order valence-corrected chi connectivity index (χ2v) is 7.91. The Hall–Kier alpha value is -2.37. The zero-order valence-electron chi connectivity index (χ0n) is 15.8. The Morgan fingerprint density at radius 1 is 1.11 bits per heavy atom. The predicted octanol–water partition coefficient (Wildman–Crippen LogP) is 2.26. The smallest absolute Gasteiger partial charge is 0.241 e. The summed E-state index contributed by atoms with van der Waals surface area (Å²) in [6, 6.07) is 7.25. The number of ether oxygens (including phenoxy) is 1. The number of amides is 3. The molecule has 3 aliphatic rings. The first-order valence-corrected chi connectivity index (χ1v) is 9.84. The van der Waals surface area contributed by atoms with Crippen molar-refractivity contribution < 1.29 is 19.1 Å². The summed E-state index contributed by atoms with van der Waals surface area (Å²) < 4.78 is 5.22. The summed E-state index contributed by atoms with van der Waals surface area (Å²) in [4.78, 5) is 42.4. The molecule has 3 fully saturated rings. The second-order valence-electron chi connectivity index (χ2n) is 7.91. The van der Waals surface area contributed by atoms with Crippen LogP contribution in [0, 0.1) is 0 Å². The molecule has 0 bridgehead atoms. The average Bonchev–Trinajstić information content (AvgIpc) is 3.49. The first-order chi connectivity index (χ1) is 13.0. The molecule has 0 unspecified atom stereocenters. The summed E-state index contributed by atoms with van der Waals surface area (Å²) in [5.41, 5.74) is -0.351. The third-order valence-corrected chi connectivity index (χ3v) is 6.07. The highest BCUT2D eigenvalue weighted by Crippen LogP contribution is 2.44. The van der Waals surface area contributed by atoms with Crippen molar-refractivity contribution in [2.45, 2.75) is 56.4 Å². The zero-order valence-corrected chi connectivity index (χ0v) is 15.8. The number of hydrogen-bond donors (Lipinski definition) is 0. The van der Waals surface area contributed by atoms with Gasteiger partial charge in [-0.3, -0.25) is 19.3 Å². The van der Waals surface area contributed by atoms with E-state index < -0.39 is 5.41 Å². The van der Waals surface area contributed by atoms with E-state index in [1.807, 2.05) is 17.0 Å². The van der Waals surface area contributed by atoms with E-state index in [1.165, 1.54) is 4.90 Å². The number of nitrogens with zero attached hydrogens (tertiary/aromatic N) is 2. The maximum atomic E-state index is 13.4. The molecule has 0 N–H and O–H groups in total. The molecule has 2 aliphatic heterocycles. The molecule has 1 aromatic rings. The van der Waals surface area contributed by atoms with Gasteiger partial charge in [-0.25, -0.2) is 0 Å². The lowest BCUT2D eigenvalue weighted by Gasteiger charge is -2.32. The van der Waals surface area contributed by atoms with Crippen LogP contribution in [0.25, 0.3) is 0 Å². The van der Waals surface area contributed by atoms with E-state index in [-0.39, 0.29) is 36.6 Å². The van der Waals surface area contributed by atoms with Crippen LogP contribution in [-0.4, -0.2) is 53.8 Å². The Bertz CT molecular complexity index is 750. The molecule has 3 amide bonds. The normalized spacial score (nSPS) is 25.8. The van der Waals surface area contributed by atoms with Gasteiger partial charge in [-0.2, -0.15) is 0 Å². The number of methoxy groups -OCH3 is 1. The molecule has 2 heterocycles. The predicted molar refractivity (Wildman–Crippen MR) is 99.2 cm³/mol. The highest BCUT2D eigenvalue weighted by Gasteiger charge is 2.57. The molecule has 1 aliphatic carbocycles. The van der Waals surface area contributed by atoms with Crippen LogP contribution >= 0.6 is 0 Å². The Labute approximate surface area is 159 Å². The standard InChI is InChI=1S/C21H26N2O4/c1-27-17-9-5-15(6-10-17)21(13-18(24)22-11-3-2-4-12-22)14-19(25)23(20(21)26)16-7-8-16/h5-6,9-10,16H,2-4,7-8,11-14H2,1H3/t21-/m1/s1. The monoisotopic (exact) mass is 370 g/mol. The Balaban J connectivity index is 1.67. The van der Waals surface area contributed by atoms with Crippen molar-refractivity contribution in [2.75, 3.05) is 20.2 Å². The van der Waals surface area contributed by atoms with Crippen LogP contribution in [0.1, 0.15) is 50.5 Å². The van der Waals surface area contributed by atoms with Gasteiger partial charge in [0.25, 0.3) is 0 Å². The van der Waals surface area contributed by atoms with Crippen molar-refractivity contribution in [1.29, 1.82) is 0 Å². The third kappa shape index (κ3) is 3.22. The minimum Gasteiger partial charge on any atom is -0.497 e. The Kier molecular flexibility index (Phi) is 4.66. The fourth-order valence-electron chi connectivity index (χ4n) is 4.35. The first kappa shape index (κ1) is 18.0. The summed E-state index contributed by atoms with van der Waals surface area (Å²) in [6.45, 7) is 1.48. The molecule has 6 heteroatoms.